The first-order chi connectivity index (χ1) is 11.0. The summed E-state index contributed by atoms with van der Waals surface area (Å²) in [5.41, 5.74) is 2.21. The molecule has 124 valence electrons. The van der Waals surface area contributed by atoms with Crippen LogP contribution in [-0.4, -0.2) is 18.3 Å². The predicted octanol–water partition coefficient (Wildman–Crippen LogP) is 4.24. The van der Waals surface area contributed by atoms with E-state index in [2.05, 4.69) is 21.2 Å². The van der Waals surface area contributed by atoms with Crippen molar-refractivity contribution in [3.05, 3.63) is 52.0 Å². The number of hydrogen-bond donors (Lipinski definition) is 2. The Morgan fingerprint density at radius 2 is 1.78 bits per heavy atom. The van der Waals surface area contributed by atoms with E-state index in [0.29, 0.717) is 12.3 Å². The normalized spacial score (nSPS) is 10.8. The summed E-state index contributed by atoms with van der Waals surface area (Å²) >= 11 is 3.58. The maximum atomic E-state index is 9.30. The number of benzene rings is 2. The van der Waals surface area contributed by atoms with E-state index in [1.165, 1.54) is 0 Å². The molecule has 0 heterocycles. The van der Waals surface area contributed by atoms with E-state index < -0.39 is 0 Å². The standard InChI is InChI=1S/C18H22BrNO3/c1-12(2)23-18-8-14(16(19)9-17(18)22-3)11-20-10-13-4-6-15(21)7-5-13/h4-9,12,20-21H,10-11H2,1-3H3. The van der Waals surface area contributed by atoms with Crippen molar-refractivity contribution in [1.82, 2.24) is 5.32 Å². The molecule has 0 aliphatic rings. The van der Waals surface area contributed by atoms with Gasteiger partial charge in [-0.1, -0.05) is 28.1 Å². The molecule has 2 aromatic carbocycles. The molecule has 2 aromatic rings. The highest BCUT2D eigenvalue weighted by Gasteiger charge is 2.11. The topological polar surface area (TPSA) is 50.7 Å². The van der Waals surface area contributed by atoms with E-state index >= 15 is 0 Å². The minimum Gasteiger partial charge on any atom is -0.508 e. The second kappa shape index (κ2) is 8.22. The molecule has 0 aromatic heterocycles. The first kappa shape index (κ1) is 17.6. The number of phenols is 1. The molecule has 0 saturated carbocycles. The van der Waals surface area contributed by atoms with Gasteiger partial charge in [-0.15, -0.1) is 0 Å². The van der Waals surface area contributed by atoms with Crippen LogP contribution in [0.3, 0.4) is 0 Å². The van der Waals surface area contributed by atoms with Crippen molar-refractivity contribution in [3.63, 3.8) is 0 Å². The summed E-state index contributed by atoms with van der Waals surface area (Å²) in [7, 11) is 1.64. The summed E-state index contributed by atoms with van der Waals surface area (Å²) in [6.07, 6.45) is 0.0860. The van der Waals surface area contributed by atoms with Crippen LogP contribution >= 0.6 is 15.9 Å². The predicted molar refractivity (Wildman–Crippen MR) is 95.1 cm³/mol. The minimum absolute atomic E-state index is 0.0860. The van der Waals surface area contributed by atoms with Crippen LogP contribution in [0.15, 0.2) is 40.9 Å². The summed E-state index contributed by atoms with van der Waals surface area (Å²) in [5, 5.41) is 12.7. The summed E-state index contributed by atoms with van der Waals surface area (Å²) in [5.74, 6) is 1.74. The molecule has 0 amide bonds. The van der Waals surface area contributed by atoms with Gasteiger partial charge in [0.1, 0.15) is 5.75 Å². The number of methoxy groups -OCH3 is 1. The molecule has 2 rings (SSSR count). The van der Waals surface area contributed by atoms with Gasteiger partial charge in [-0.3, -0.25) is 0 Å². The van der Waals surface area contributed by atoms with E-state index in [9.17, 15) is 5.11 Å². The number of rotatable bonds is 7. The molecule has 0 saturated heterocycles. The third kappa shape index (κ3) is 5.15. The van der Waals surface area contributed by atoms with Crippen molar-refractivity contribution in [2.75, 3.05) is 7.11 Å². The maximum absolute atomic E-state index is 9.30. The second-order valence-corrected chi connectivity index (χ2v) is 6.39. The van der Waals surface area contributed by atoms with Crippen molar-refractivity contribution in [2.24, 2.45) is 0 Å². The van der Waals surface area contributed by atoms with Crippen LogP contribution < -0.4 is 14.8 Å². The van der Waals surface area contributed by atoms with Crippen molar-refractivity contribution in [3.8, 4) is 17.2 Å². The molecular weight excluding hydrogens is 358 g/mol. The van der Waals surface area contributed by atoms with Gasteiger partial charge in [0.2, 0.25) is 0 Å². The van der Waals surface area contributed by atoms with Crippen LogP contribution in [0.5, 0.6) is 17.2 Å². The smallest absolute Gasteiger partial charge is 0.161 e. The highest BCUT2D eigenvalue weighted by atomic mass is 79.9. The number of phenolic OH excluding ortho intramolecular Hbond substituents is 1. The molecule has 0 fully saturated rings. The summed E-state index contributed by atoms with van der Waals surface area (Å²) in [6, 6.07) is 11.1. The summed E-state index contributed by atoms with van der Waals surface area (Å²) < 4.78 is 12.2. The number of nitrogens with one attached hydrogen (secondary N) is 1. The lowest BCUT2D eigenvalue weighted by Crippen LogP contribution is -2.14. The first-order valence-electron chi connectivity index (χ1n) is 7.51. The Morgan fingerprint density at radius 1 is 1.09 bits per heavy atom. The molecule has 5 heteroatoms. The summed E-state index contributed by atoms with van der Waals surface area (Å²) in [4.78, 5) is 0. The average Bonchev–Trinajstić information content (AvgIpc) is 2.51. The zero-order valence-corrected chi connectivity index (χ0v) is 15.2. The zero-order valence-electron chi connectivity index (χ0n) is 13.6. The van der Waals surface area contributed by atoms with Gasteiger partial charge in [-0.25, -0.2) is 0 Å². The molecule has 2 N–H and O–H groups in total. The van der Waals surface area contributed by atoms with E-state index in [-0.39, 0.29) is 11.9 Å². The molecule has 0 aliphatic carbocycles. The van der Waals surface area contributed by atoms with Crippen molar-refractivity contribution >= 4 is 15.9 Å². The average molecular weight is 380 g/mol. The fourth-order valence-electron chi connectivity index (χ4n) is 2.17. The lowest BCUT2D eigenvalue weighted by molar-refractivity contribution is 0.230. The summed E-state index contributed by atoms with van der Waals surface area (Å²) in [6.45, 7) is 5.40. The second-order valence-electron chi connectivity index (χ2n) is 5.53. The lowest BCUT2D eigenvalue weighted by Gasteiger charge is -2.16. The van der Waals surface area contributed by atoms with Crippen molar-refractivity contribution in [1.29, 1.82) is 0 Å². The Bertz CT molecular complexity index is 641. The fraction of sp³-hybridized carbons (Fsp3) is 0.333. The Kier molecular flexibility index (Phi) is 6.30. The molecule has 0 bridgehead atoms. The number of ether oxygens (including phenoxy) is 2. The highest BCUT2D eigenvalue weighted by molar-refractivity contribution is 9.10. The van der Waals surface area contributed by atoms with E-state index in [0.717, 1.165) is 27.9 Å². The van der Waals surface area contributed by atoms with Crippen LogP contribution in [-0.2, 0) is 13.1 Å². The Labute approximate surface area is 145 Å². The molecule has 0 spiro atoms. The van der Waals surface area contributed by atoms with Gasteiger partial charge in [0, 0.05) is 17.6 Å². The largest absolute Gasteiger partial charge is 0.508 e. The Balaban J connectivity index is 2.05. The third-order valence-electron chi connectivity index (χ3n) is 3.28. The van der Waals surface area contributed by atoms with Crippen LogP contribution in [0.2, 0.25) is 0 Å². The number of hydrogen-bond acceptors (Lipinski definition) is 4. The SMILES string of the molecule is COc1cc(Br)c(CNCc2ccc(O)cc2)cc1OC(C)C. The first-order valence-corrected chi connectivity index (χ1v) is 8.30. The van der Waals surface area contributed by atoms with Gasteiger partial charge in [-0.2, -0.15) is 0 Å². The van der Waals surface area contributed by atoms with Gasteiger partial charge < -0.3 is 19.9 Å². The van der Waals surface area contributed by atoms with E-state index in [1.54, 1.807) is 19.2 Å². The number of aromatic hydroxyl groups is 1. The molecule has 4 nitrogen and oxygen atoms in total. The minimum atomic E-state index is 0.0860. The van der Waals surface area contributed by atoms with Crippen molar-refractivity contribution < 1.29 is 14.6 Å². The number of halogens is 1. The van der Waals surface area contributed by atoms with E-state index in [1.807, 2.05) is 38.1 Å². The van der Waals surface area contributed by atoms with Gasteiger partial charge >= 0.3 is 0 Å². The monoisotopic (exact) mass is 379 g/mol. The maximum Gasteiger partial charge on any atom is 0.161 e. The van der Waals surface area contributed by atoms with E-state index in [4.69, 9.17) is 9.47 Å². The van der Waals surface area contributed by atoms with Crippen LogP contribution in [0.4, 0.5) is 0 Å². The van der Waals surface area contributed by atoms with Crippen LogP contribution in [0, 0.1) is 0 Å². The van der Waals surface area contributed by atoms with Gasteiger partial charge in [0.15, 0.2) is 11.5 Å². The Morgan fingerprint density at radius 3 is 2.39 bits per heavy atom. The lowest BCUT2D eigenvalue weighted by atomic mass is 10.1. The Hall–Kier alpha value is -1.72. The fourth-order valence-corrected chi connectivity index (χ4v) is 2.64. The molecule has 0 unspecified atom stereocenters. The molecule has 0 radical (unpaired) electrons. The van der Waals surface area contributed by atoms with Crippen LogP contribution in [0.25, 0.3) is 0 Å². The molecule has 0 atom stereocenters. The molecule has 0 aliphatic heterocycles. The van der Waals surface area contributed by atoms with Gasteiger partial charge in [-0.05, 0) is 49.2 Å². The molecular formula is C18H22BrNO3. The van der Waals surface area contributed by atoms with Crippen LogP contribution in [0.1, 0.15) is 25.0 Å². The van der Waals surface area contributed by atoms with Gasteiger partial charge in [0.05, 0.1) is 13.2 Å². The quantitative estimate of drug-likeness (QED) is 0.755. The highest BCUT2D eigenvalue weighted by Crippen LogP contribution is 2.34. The van der Waals surface area contributed by atoms with Gasteiger partial charge in [0.25, 0.3) is 0 Å². The molecule has 23 heavy (non-hydrogen) atoms. The van der Waals surface area contributed by atoms with Crippen molar-refractivity contribution in [2.45, 2.75) is 33.0 Å². The zero-order chi connectivity index (χ0) is 16.8. The third-order valence-corrected chi connectivity index (χ3v) is 4.01.